The molecule has 0 saturated heterocycles. The van der Waals surface area contributed by atoms with Gasteiger partial charge in [0, 0.05) is 23.9 Å². The van der Waals surface area contributed by atoms with Crippen molar-refractivity contribution in [2.24, 2.45) is 0 Å². The smallest absolute Gasteiger partial charge is 0.282 e. The molecule has 2 aromatic heterocycles. The number of aryl methyl sites for hydroxylation is 2. The third kappa shape index (κ3) is 4.92. The zero-order chi connectivity index (χ0) is 26.1. The zero-order valence-corrected chi connectivity index (χ0v) is 19.2. The first-order chi connectivity index (χ1) is 17.1. The Morgan fingerprint density at radius 1 is 1.03 bits per heavy atom. The average Bonchev–Trinajstić information content (AvgIpc) is 3.25. The van der Waals surface area contributed by atoms with Gasteiger partial charge < -0.3 is 9.67 Å². The Bertz CT molecular complexity index is 1460. The predicted octanol–water partition coefficient (Wildman–Crippen LogP) is 4.57. The Balaban J connectivity index is 1.76. The van der Waals surface area contributed by atoms with Gasteiger partial charge in [-0.2, -0.15) is 5.10 Å². The Morgan fingerprint density at radius 3 is 2.28 bits per heavy atom. The minimum atomic E-state index is -3.06. The van der Waals surface area contributed by atoms with Crippen molar-refractivity contribution in [2.45, 2.75) is 32.7 Å². The normalized spacial score (nSPS) is 12.4. The van der Waals surface area contributed by atoms with E-state index in [1.165, 1.54) is 0 Å². The molecular formula is C25H21F5N4O2. The highest BCUT2D eigenvalue weighted by Crippen LogP contribution is 2.24. The number of hydrogen-bond donors (Lipinski definition) is 1. The standard InChI is InChI=1S/C25H21F5N4O2/c1-13-5-15(3-4-21(13)33-10-14(2)31-12-33)6-17-9-20(24(29)30)32-34(25(17)36)22(11-35)16-7-18(26)23(28)19(27)8-16/h3-5,7-10,12,22,24,35H,6,11H2,1-2H3/t22-/m0/s1. The lowest BCUT2D eigenvalue weighted by Crippen LogP contribution is -2.33. The summed E-state index contributed by atoms with van der Waals surface area (Å²) in [6.07, 6.45) is 0.388. The maximum absolute atomic E-state index is 13.8. The van der Waals surface area contributed by atoms with Crippen LogP contribution < -0.4 is 5.56 Å². The van der Waals surface area contributed by atoms with Crippen LogP contribution in [0.1, 0.15) is 46.1 Å². The molecule has 0 unspecified atom stereocenters. The van der Waals surface area contributed by atoms with Crippen LogP contribution in [-0.4, -0.2) is 31.0 Å². The maximum Gasteiger partial charge on any atom is 0.282 e. The lowest BCUT2D eigenvalue weighted by molar-refractivity contribution is 0.140. The summed E-state index contributed by atoms with van der Waals surface area (Å²) in [6, 6.07) is 5.95. The Labute approximate surface area is 202 Å². The van der Waals surface area contributed by atoms with Crippen LogP contribution in [-0.2, 0) is 6.42 Å². The van der Waals surface area contributed by atoms with Crippen LogP contribution >= 0.6 is 0 Å². The predicted molar refractivity (Wildman–Crippen MR) is 121 cm³/mol. The van der Waals surface area contributed by atoms with Crippen LogP contribution in [0.15, 0.2) is 53.7 Å². The number of alkyl halides is 2. The molecule has 0 aliphatic heterocycles. The molecule has 1 N–H and O–H groups in total. The Morgan fingerprint density at radius 2 is 1.72 bits per heavy atom. The number of aliphatic hydroxyl groups excluding tert-OH is 1. The number of nitrogens with zero attached hydrogens (tertiary/aromatic N) is 4. The van der Waals surface area contributed by atoms with E-state index in [9.17, 15) is 31.9 Å². The van der Waals surface area contributed by atoms with Gasteiger partial charge in [0.25, 0.3) is 12.0 Å². The van der Waals surface area contributed by atoms with E-state index in [-0.39, 0.29) is 17.5 Å². The number of imidazole rings is 1. The van der Waals surface area contributed by atoms with E-state index in [4.69, 9.17) is 0 Å². The molecule has 0 amide bonds. The van der Waals surface area contributed by atoms with E-state index in [1.54, 1.807) is 24.5 Å². The van der Waals surface area contributed by atoms with E-state index in [2.05, 4.69) is 10.1 Å². The summed E-state index contributed by atoms with van der Waals surface area (Å²) in [5, 5.41) is 13.5. The maximum atomic E-state index is 13.8. The molecule has 36 heavy (non-hydrogen) atoms. The number of aliphatic hydroxyl groups is 1. The number of aromatic nitrogens is 4. The zero-order valence-electron chi connectivity index (χ0n) is 19.2. The fourth-order valence-electron chi connectivity index (χ4n) is 4.01. The van der Waals surface area contributed by atoms with Crippen molar-refractivity contribution in [1.82, 2.24) is 19.3 Å². The molecule has 188 valence electrons. The van der Waals surface area contributed by atoms with Gasteiger partial charge in [-0.3, -0.25) is 4.79 Å². The van der Waals surface area contributed by atoms with Gasteiger partial charge >= 0.3 is 0 Å². The van der Waals surface area contributed by atoms with Crippen molar-refractivity contribution in [3.63, 3.8) is 0 Å². The molecule has 2 aromatic carbocycles. The van der Waals surface area contributed by atoms with E-state index < -0.39 is 47.8 Å². The third-order valence-electron chi connectivity index (χ3n) is 5.76. The highest BCUT2D eigenvalue weighted by molar-refractivity contribution is 5.44. The summed E-state index contributed by atoms with van der Waals surface area (Å²) >= 11 is 0. The van der Waals surface area contributed by atoms with Gasteiger partial charge in [0.1, 0.15) is 11.7 Å². The lowest BCUT2D eigenvalue weighted by Gasteiger charge is -2.19. The summed E-state index contributed by atoms with van der Waals surface area (Å²) in [6.45, 7) is 2.80. The van der Waals surface area contributed by atoms with Crippen molar-refractivity contribution in [3.8, 4) is 5.69 Å². The highest BCUT2D eigenvalue weighted by atomic mass is 19.3. The monoisotopic (exact) mass is 504 g/mol. The van der Waals surface area contributed by atoms with Crippen molar-refractivity contribution in [2.75, 3.05) is 6.61 Å². The fraction of sp³-hybridized carbons (Fsp3) is 0.240. The molecule has 0 aliphatic carbocycles. The van der Waals surface area contributed by atoms with E-state index in [0.29, 0.717) is 22.4 Å². The van der Waals surface area contributed by atoms with Crippen molar-refractivity contribution < 1.29 is 27.1 Å². The molecule has 11 heteroatoms. The van der Waals surface area contributed by atoms with Gasteiger partial charge in [0.15, 0.2) is 17.5 Å². The van der Waals surface area contributed by atoms with Gasteiger partial charge in [-0.25, -0.2) is 31.6 Å². The second-order valence-corrected chi connectivity index (χ2v) is 8.36. The van der Waals surface area contributed by atoms with E-state index in [0.717, 1.165) is 23.0 Å². The summed E-state index contributed by atoms with van der Waals surface area (Å²) in [7, 11) is 0. The second kappa shape index (κ2) is 10.0. The van der Waals surface area contributed by atoms with Crippen molar-refractivity contribution >= 4 is 0 Å². The topological polar surface area (TPSA) is 72.9 Å². The summed E-state index contributed by atoms with van der Waals surface area (Å²) in [5.41, 5.74) is 1.17. The van der Waals surface area contributed by atoms with Gasteiger partial charge in [0.2, 0.25) is 0 Å². The molecule has 0 spiro atoms. The summed E-state index contributed by atoms with van der Waals surface area (Å²) in [4.78, 5) is 17.4. The van der Waals surface area contributed by atoms with Crippen LogP contribution in [0.25, 0.3) is 5.69 Å². The van der Waals surface area contributed by atoms with Gasteiger partial charge in [-0.05, 0) is 54.8 Å². The molecule has 4 rings (SSSR count). The number of halogens is 5. The van der Waals surface area contributed by atoms with Gasteiger partial charge in [-0.1, -0.05) is 12.1 Å². The van der Waals surface area contributed by atoms with Crippen LogP contribution in [0, 0.1) is 31.3 Å². The molecule has 0 radical (unpaired) electrons. The third-order valence-corrected chi connectivity index (χ3v) is 5.76. The first-order valence-electron chi connectivity index (χ1n) is 10.9. The minimum Gasteiger partial charge on any atom is -0.394 e. The molecule has 6 nitrogen and oxygen atoms in total. The molecular weight excluding hydrogens is 483 g/mol. The van der Waals surface area contributed by atoms with Crippen LogP contribution in [0.4, 0.5) is 22.0 Å². The van der Waals surface area contributed by atoms with Crippen molar-refractivity contribution in [1.29, 1.82) is 0 Å². The fourth-order valence-corrected chi connectivity index (χ4v) is 4.01. The number of rotatable bonds is 7. The number of benzene rings is 2. The Kier molecular flexibility index (Phi) is 7.02. The minimum absolute atomic E-state index is 0.0462. The molecule has 4 aromatic rings. The van der Waals surface area contributed by atoms with Gasteiger partial charge in [0.05, 0.1) is 18.6 Å². The van der Waals surface area contributed by atoms with Crippen LogP contribution in [0.5, 0.6) is 0 Å². The molecule has 0 aliphatic rings. The second-order valence-electron chi connectivity index (χ2n) is 8.36. The SMILES string of the molecule is Cc1cn(-c2ccc(Cc3cc(C(F)F)nn([C@@H](CO)c4cc(F)c(F)c(F)c4)c3=O)cc2C)cn1. The lowest BCUT2D eigenvalue weighted by atomic mass is 10.0. The van der Waals surface area contributed by atoms with E-state index in [1.807, 2.05) is 24.6 Å². The number of hydrogen-bond acceptors (Lipinski definition) is 4. The highest BCUT2D eigenvalue weighted by Gasteiger charge is 2.24. The molecule has 2 heterocycles. The van der Waals surface area contributed by atoms with Crippen LogP contribution in [0.3, 0.4) is 0 Å². The summed E-state index contributed by atoms with van der Waals surface area (Å²) < 4.78 is 70.6. The largest absolute Gasteiger partial charge is 0.394 e. The Hall–Kier alpha value is -3.86. The molecule has 0 bridgehead atoms. The first-order valence-corrected chi connectivity index (χ1v) is 10.9. The summed E-state index contributed by atoms with van der Waals surface area (Å²) in [5.74, 6) is -4.83. The average molecular weight is 504 g/mol. The molecule has 0 saturated carbocycles. The van der Waals surface area contributed by atoms with Gasteiger partial charge in [-0.15, -0.1) is 0 Å². The van der Waals surface area contributed by atoms with E-state index >= 15 is 0 Å². The first kappa shape index (κ1) is 25.2. The molecule has 1 atom stereocenters. The molecule has 0 fully saturated rings. The van der Waals surface area contributed by atoms with Crippen molar-refractivity contribution in [3.05, 3.63) is 110 Å². The quantitative estimate of drug-likeness (QED) is 0.296. The van der Waals surface area contributed by atoms with Crippen LogP contribution in [0.2, 0.25) is 0 Å².